The van der Waals surface area contributed by atoms with Crippen LogP contribution in [-0.4, -0.2) is 19.1 Å². The van der Waals surface area contributed by atoms with Crippen LogP contribution in [0.5, 0.6) is 0 Å². The second-order valence-corrected chi connectivity index (χ2v) is 6.43. The zero-order chi connectivity index (χ0) is 17.3. The molecule has 2 heterocycles. The number of nitrogens with zero attached hydrogens (tertiary/aromatic N) is 4. The summed E-state index contributed by atoms with van der Waals surface area (Å²) in [5, 5.41) is 0.717. The highest BCUT2D eigenvalue weighted by Gasteiger charge is 2.31. The number of benzene rings is 1. The Bertz CT molecular complexity index is 851. The largest absolute Gasteiger partial charge is 0.416 e. The van der Waals surface area contributed by atoms with E-state index in [0.717, 1.165) is 18.3 Å². The topological polar surface area (TPSA) is 35.6 Å². The summed E-state index contributed by atoms with van der Waals surface area (Å²) in [4.78, 5) is 8.77. The first-order chi connectivity index (χ1) is 11.4. The number of aromatic nitrogens is 4. The Labute approximate surface area is 141 Å². The number of aryl methyl sites for hydroxylation is 2. The molecule has 0 unspecified atom stereocenters. The lowest BCUT2D eigenvalue weighted by Crippen LogP contribution is -2.05. The fraction of sp³-hybridized carbons (Fsp3) is 0.375. The summed E-state index contributed by atoms with van der Waals surface area (Å²) in [5.41, 5.74) is 0.459. The molecule has 4 nitrogen and oxygen atoms in total. The van der Waals surface area contributed by atoms with Crippen molar-refractivity contribution in [2.24, 2.45) is 7.05 Å². The quantitative estimate of drug-likeness (QED) is 0.633. The van der Waals surface area contributed by atoms with Crippen molar-refractivity contribution in [2.75, 3.05) is 0 Å². The maximum absolute atomic E-state index is 13.0. The molecule has 8 heteroatoms. The van der Waals surface area contributed by atoms with Gasteiger partial charge >= 0.3 is 6.18 Å². The third-order valence-electron chi connectivity index (χ3n) is 3.74. The fourth-order valence-corrected chi connectivity index (χ4v) is 3.54. The summed E-state index contributed by atoms with van der Waals surface area (Å²) in [7, 11) is 1.91. The zero-order valence-electron chi connectivity index (χ0n) is 13.3. The monoisotopic (exact) mass is 354 g/mol. The van der Waals surface area contributed by atoms with Gasteiger partial charge in [-0.05, 0) is 24.6 Å². The minimum atomic E-state index is -4.35. The lowest BCUT2D eigenvalue weighted by Gasteiger charge is -2.09. The Morgan fingerprint density at radius 3 is 2.67 bits per heavy atom. The van der Waals surface area contributed by atoms with Gasteiger partial charge in [0.15, 0.2) is 5.16 Å². The fourth-order valence-electron chi connectivity index (χ4n) is 2.49. The van der Waals surface area contributed by atoms with E-state index in [1.807, 2.05) is 29.3 Å². The highest BCUT2D eigenvalue weighted by atomic mass is 32.2. The summed E-state index contributed by atoms with van der Waals surface area (Å²) >= 11 is 1.49. The Balaban J connectivity index is 1.97. The molecule has 0 aliphatic heterocycles. The van der Waals surface area contributed by atoms with E-state index in [9.17, 15) is 13.2 Å². The van der Waals surface area contributed by atoms with Crippen LogP contribution in [0, 0.1) is 0 Å². The Morgan fingerprint density at radius 2 is 2.04 bits per heavy atom. The van der Waals surface area contributed by atoms with Crippen molar-refractivity contribution in [3.05, 3.63) is 42.0 Å². The van der Waals surface area contributed by atoms with Gasteiger partial charge in [0.25, 0.3) is 0 Å². The summed E-state index contributed by atoms with van der Waals surface area (Å²) in [6.45, 7) is 2.62. The predicted molar refractivity (Wildman–Crippen MR) is 87.8 cm³/mol. The van der Waals surface area contributed by atoms with Gasteiger partial charge < -0.3 is 9.13 Å². The number of hydrogen-bond donors (Lipinski definition) is 0. The molecule has 128 valence electrons. The number of rotatable bonds is 5. The lowest BCUT2D eigenvalue weighted by atomic mass is 10.2. The van der Waals surface area contributed by atoms with Crippen LogP contribution in [0.15, 0.2) is 35.7 Å². The van der Waals surface area contributed by atoms with Crippen molar-refractivity contribution in [1.29, 1.82) is 0 Å². The number of alkyl halides is 3. The molecule has 0 saturated heterocycles. The summed E-state index contributed by atoms with van der Waals surface area (Å²) in [5.74, 6) is 1.51. The minimum absolute atomic E-state index is 0.522. The first kappa shape index (κ1) is 16.9. The van der Waals surface area contributed by atoms with E-state index in [2.05, 4.69) is 9.97 Å². The maximum atomic E-state index is 13.0. The van der Waals surface area contributed by atoms with Crippen LogP contribution in [0.25, 0.3) is 11.0 Å². The molecule has 0 aliphatic rings. The van der Waals surface area contributed by atoms with Crippen LogP contribution in [0.3, 0.4) is 0 Å². The Hall–Kier alpha value is -1.96. The Kier molecular flexibility index (Phi) is 4.58. The second-order valence-electron chi connectivity index (χ2n) is 5.49. The van der Waals surface area contributed by atoms with Crippen molar-refractivity contribution >= 4 is 22.8 Å². The van der Waals surface area contributed by atoms with Crippen LogP contribution >= 0.6 is 11.8 Å². The molecule has 0 spiro atoms. The molecule has 2 aromatic heterocycles. The molecule has 0 bridgehead atoms. The first-order valence-corrected chi connectivity index (χ1v) is 8.55. The van der Waals surface area contributed by atoms with E-state index in [1.54, 1.807) is 6.20 Å². The smallest absolute Gasteiger partial charge is 0.337 e. The van der Waals surface area contributed by atoms with E-state index in [-0.39, 0.29) is 0 Å². The predicted octanol–water partition coefficient (Wildman–Crippen LogP) is 4.49. The van der Waals surface area contributed by atoms with Gasteiger partial charge in [-0.2, -0.15) is 13.2 Å². The Morgan fingerprint density at radius 1 is 1.25 bits per heavy atom. The lowest BCUT2D eigenvalue weighted by molar-refractivity contribution is -0.137. The van der Waals surface area contributed by atoms with Gasteiger partial charge in [-0.25, -0.2) is 9.97 Å². The average molecular weight is 354 g/mol. The number of imidazole rings is 2. The van der Waals surface area contributed by atoms with Gasteiger partial charge in [0.1, 0.15) is 5.82 Å². The highest BCUT2D eigenvalue weighted by Crippen LogP contribution is 2.33. The van der Waals surface area contributed by atoms with Gasteiger partial charge in [-0.15, -0.1) is 0 Å². The zero-order valence-corrected chi connectivity index (χ0v) is 14.2. The number of halogens is 3. The van der Waals surface area contributed by atoms with E-state index in [0.29, 0.717) is 28.5 Å². The number of fused-ring (bicyclic) bond motifs is 1. The summed E-state index contributed by atoms with van der Waals surface area (Å²) in [6.07, 6.45) is 0.0501. The molecule has 3 rings (SSSR count). The molecule has 0 N–H and O–H groups in total. The van der Waals surface area contributed by atoms with Gasteiger partial charge in [0.2, 0.25) is 0 Å². The second kappa shape index (κ2) is 6.51. The van der Waals surface area contributed by atoms with Crippen molar-refractivity contribution in [3.8, 4) is 0 Å². The van der Waals surface area contributed by atoms with E-state index >= 15 is 0 Å². The molecule has 0 amide bonds. The third-order valence-corrected chi connectivity index (χ3v) is 4.71. The summed E-state index contributed by atoms with van der Waals surface area (Å²) in [6, 6.07) is 3.71. The van der Waals surface area contributed by atoms with Crippen molar-refractivity contribution in [1.82, 2.24) is 19.1 Å². The van der Waals surface area contributed by atoms with Crippen molar-refractivity contribution in [3.63, 3.8) is 0 Å². The first-order valence-electron chi connectivity index (χ1n) is 7.56. The minimum Gasteiger partial charge on any atom is -0.337 e. The average Bonchev–Trinajstić information content (AvgIpc) is 3.08. The van der Waals surface area contributed by atoms with E-state index < -0.39 is 11.7 Å². The molecule has 0 radical (unpaired) electrons. The van der Waals surface area contributed by atoms with Gasteiger partial charge in [-0.1, -0.05) is 18.7 Å². The highest BCUT2D eigenvalue weighted by molar-refractivity contribution is 7.98. The normalized spacial score (nSPS) is 12.2. The summed E-state index contributed by atoms with van der Waals surface area (Å²) < 4.78 is 42.7. The SMILES string of the molecule is CCCn1c(SCc2nccn2C)nc2ccc(C(F)(F)F)cc21. The van der Waals surface area contributed by atoms with Crippen LogP contribution in [-0.2, 0) is 25.5 Å². The molecular formula is C16H17F3N4S. The van der Waals surface area contributed by atoms with Gasteiger partial charge in [-0.3, -0.25) is 0 Å². The van der Waals surface area contributed by atoms with Crippen molar-refractivity contribution < 1.29 is 13.2 Å². The van der Waals surface area contributed by atoms with Crippen LogP contribution in [0.4, 0.5) is 13.2 Å². The molecule has 0 atom stereocenters. The molecule has 0 fully saturated rings. The van der Waals surface area contributed by atoms with E-state index in [4.69, 9.17) is 0 Å². The van der Waals surface area contributed by atoms with Crippen LogP contribution in [0.2, 0.25) is 0 Å². The molecule has 0 saturated carbocycles. The van der Waals surface area contributed by atoms with Gasteiger partial charge in [0, 0.05) is 26.0 Å². The van der Waals surface area contributed by atoms with Crippen molar-refractivity contribution in [2.45, 2.75) is 37.0 Å². The van der Waals surface area contributed by atoms with E-state index in [1.165, 1.54) is 23.9 Å². The van der Waals surface area contributed by atoms with Gasteiger partial charge in [0.05, 0.1) is 22.3 Å². The number of thioether (sulfide) groups is 1. The third kappa shape index (κ3) is 3.28. The molecule has 1 aromatic carbocycles. The molecule has 3 aromatic rings. The van der Waals surface area contributed by atoms with Crippen LogP contribution in [0.1, 0.15) is 24.7 Å². The molecular weight excluding hydrogens is 337 g/mol. The number of hydrogen-bond acceptors (Lipinski definition) is 3. The molecule has 24 heavy (non-hydrogen) atoms. The molecule has 0 aliphatic carbocycles. The van der Waals surface area contributed by atoms with Crippen LogP contribution < -0.4 is 0 Å². The maximum Gasteiger partial charge on any atom is 0.416 e. The standard InChI is InChI=1S/C16H17F3N4S/c1-3-7-23-13-9-11(16(17,18)19)4-5-12(13)21-15(23)24-10-14-20-6-8-22(14)2/h4-6,8-9H,3,7,10H2,1-2H3.